The van der Waals surface area contributed by atoms with Crippen LogP contribution in [0.5, 0.6) is 46.0 Å². The molecule has 0 spiro atoms. The molecule has 4 aromatic carbocycles. The molecule has 4 N–H and O–H groups in total. The Morgan fingerprint density at radius 1 is 0.310 bits per heavy atom. The lowest BCUT2D eigenvalue weighted by molar-refractivity contribution is 0.466. The summed E-state index contributed by atoms with van der Waals surface area (Å²) in [6, 6.07) is 28.8. The largest absolute Gasteiger partial charge is 0.457 e. The van der Waals surface area contributed by atoms with Crippen LogP contribution in [0, 0.1) is 0 Å². The number of benzene rings is 4. The molecule has 0 aliphatic rings. The first-order chi connectivity index (χ1) is 20.6. The second-order valence-electron chi connectivity index (χ2n) is 8.97. The maximum atomic E-state index is 5.85. The highest BCUT2D eigenvalue weighted by atomic mass is 16.5. The second kappa shape index (κ2) is 11.9. The maximum Gasteiger partial charge on any atom is 0.197 e. The Morgan fingerprint density at radius 2 is 0.524 bits per heavy atom. The summed E-state index contributed by atoms with van der Waals surface area (Å²) in [7, 11) is 0. The number of aromatic nitrogens is 4. The second-order valence-corrected chi connectivity index (χ2v) is 8.97. The van der Waals surface area contributed by atoms with Gasteiger partial charge in [-0.15, -0.1) is 0 Å². The van der Waals surface area contributed by atoms with E-state index < -0.39 is 0 Å². The van der Waals surface area contributed by atoms with Gasteiger partial charge in [-0.1, -0.05) is 0 Å². The van der Waals surface area contributed by atoms with Gasteiger partial charge in [-0.3, -0.25) is 0 Å². The zero-order valence-electron chi connectivity index (χ0n) is 22.1. The molecule has 0 unspecified atom stereocenters. The highest BCUT2D eigenvalue weighted by Gasteiger charge is 2.08. The quantitative estimate of drug-likeness (QED) is 0.175. The highest BCUT2D eigenvalue weighted by Crippen LogP contribution is 2.29. The van der Waals surface area contributed by atoms with Crippen LogP contribution in [0.1, 0.15) is 0 Å². The molecule has 10 heteroatoms. The molecule has 0 aliphatic carbocycles. The molecule has 206 valence electrons. The SMILES string of the molecule is Nc1ccc(Oc2ccc(Oc3cnc(-c4ncc(Oc5ccc(Oc6ccc(N)cc6)cc5)cn4)nc3)cc2)cc1. The Morgan fingerprint density at radius 3 is 0.786 bits per heavy atom. The molecular formula is C32H24N6O4. The monoisotopic (exact) mass is 556 g/mol. The summed E-state index contributed by atoms with van der Waals surface area (Å²) in [6.07, 6.45) is 6.23. The van der Waals surface area contributed by atoms with Crippen molar-refractivity contribution in [2.24, 2.45) is 0 Å². The average Bonchev–Trinajstić information content (AvgIpc) is 3.02. The third kappa shape index (κ3) is 6.69. The van der Waals surface area contributed by atoms with Crippen LogP contribution in [0.15, 0.2) is 122 Å². The maximum absolute atomic E-state index is 5.85. The van der Waals surface area contributed by atoms with Crippen LogP contribution >= 0.6 is 0 Å². The zero-order chi connectivity index (χ0) is 28.7. The predicted octanol–water partition coefficient (Wildman–Crippen LogP) is 7.27. The molecule has 0 atom stereocenters. The number of anilines is 2. The van der Waals surface area contributed by atoms with Crippen molar-refractivity contribution in [3.05, 3.63) is 122 Å². The Balaban J connectivity index is 1.02. The van der Waals surface area contributed by atoms with E-state index in [2.05, 4.69) is 19.9 Å². The highest BCUT2D eigenvalue weighted by molar-refractivity contribution is 5.46. The van der Waals surface area contributed by atoms with E-state index in [1.807, 2.05) is 48.5 Å². The zero-order valence-corrected chi connectivity index (χ0v) is 22.1. The van der Waals surface area contributed by atoms with Crippen molar-refractivity contribution >= 4 is 11.4 Å². The number of nitrogens with zero attached hydrogens (tertiary/aromatic N) is 4. The third-order valence-electron chi connectivity index (χ3n) is 5.81. The average molecular weight is 557 g/mol. The number of hydrogen-bond acceptors (Lipinski definition) is 10. The predicted molar refractivity (Wildman–Crippen MR) is 158 cm³/mol. The number of nitrogens with two attached hydrogens (primary N) is 2. The van der Waals surface area contributed by atoms with Crippen molar-refractivity contribution in [1.29, 1.82) is 0 Å². The van der Waals surface area contributed by atoms with E-state index in [0.29, 0.717) is 69.0 Å². The first-order valence-corrected chi connectivity index (χ1v) is 12.8. The van der Waals surface area contributed by atoms with E-state index in [0.717, 1.165) is 0 Å². The van der Waals surface area contributed by atoms with Crippen molar-refractivity contribution in [3.63, 3.8) is 0 Å². The van der Waals surface area contributed by atoms with E-state index >= 15 is 0 Å². The topological polar surface area (TPSA) is 141 Å². The lowest BCUT2D eigenvalue weighted by Crippen LogP contribution is -1.96. The van der Waals surface area contributed by atoms with Crippen molar-refractivity contribution in [2.75, 3.05) is 11.5 Å². The van der Waals surface area contributed by atoms with Crippen LogP contribution in [0.3, 0.4) is 0 Å². The lowest BCUT2D eigenvalue weighted by atomic mass is 10.3. The van der Waals surface area contributed by atoms with Crippen LogP contribution in [0.4, 0.5) is 11.4 Å². The van der Waals surface area contributed by atoms with Gasteiger partial charge in [0, 0.05) is 11.4 Å². The van der Waals surface area contributed by atoms with E-state index in [4.69, 9.17) is 30.4 Å². The minimum atomic E-state index is 0.352. The molecule has 2 heterocycles. The molecule has 0 radical (unpaired) electrons. The molecule has 0 aliphatic heterocycles. The minimum absolute atomic E-state index is 0.352. The van der Waals surface area contributed by atoms with Gasteiger partial charge in [0.2, 0.25) is 0 Å². The first kappa shape index (κ1) is 26.1. The minimum Gasteiger partial charge on any atom is -0.457 e. The lowest BCUT2D eigenvalue weighted by Gasteiger charge is -2.09. The van der Waals surface area contributed by atoms with E-state index in [9.17, 15) is 0 Å². The molecule has 0 saturated heterocycles. The molecule has 0 bridgehead atoms. The fourth-order valence-electron chi connectivity index (χ4n) is 3.74. The Labute approximate surface area is 241 Å². The van der Waals surface area contributed by atoms with Gasteiger partial charge in [-0.25, -0.2) is 19.9 Å². The van der Waals surface area contributed by atoms with Gasteiger partial charge in [0.05, 0.1) is 24.8 Å². The summed E-state index contributed by atoms with van der Waals surface area (Å²) in [5.41, 5.74) is 12.8. The smallest absolute Gasteiger partial charge is 0.197 e. The summed E-state index contributed by atoms with van der Waals surface area (Å²) in [5, 5.41) is 0. The van der Waals surface area contributed by atoms with Crippen molar-refractivity contribution in [2.45, 2.75) is 0 Å². The first-order valence-electron chi connectivity index (χ1n) is 12.8. The number of rotatable bonds is 9. The standard InChI is InChI=1S/C32H24N6O4/c33-21-1-5-23(6-2-21)39-25-9-13-27(14-10-25)41-29-17-35-31(36-18-29)32-37-19-30(20-38-32)42-28-15-11-26(12-16-28)40-24-7-3-22(34)4-8-24/h1-20H,33-34H2. The van der Waals surface area contributed by atoms with Crippen molar-refractivity contribution < 1.29 is 18.9 Å². The summed E-state index contributed by atoms with van der Waals surface area (Å²) in [4.78, 5) is 17.3. The van der Waals surface area contributed by atoms with Crippen LogP contribution in [0.25, 0.3) is 11.6 Å². The molecule has 10 nitrogen and oxygen atoms in total. The number of nitrogen functional groups attached to an aromatic ring is 2. The number of ether oxygens (including phenoxy) is 4. The van der Waals surface area contributed by atoms with Crippen LogP contribution in [-0.2, 0) is 0 Å². The van der Waals surface area contributed by atoms with E-state index in [1.54, 1.807) is 73.3 Å². The van der Waals surface area contributed by atoms with Gasteiger partial charge in [0.1, 0.15) is 34.5 Å². The molecule has 6 rings (SSSR count). The molecular weight excluding hydrogens is 532 g/mol. The summed E-state index contributed by atoms with van der Waals surface area (Å²) < 4.78 is 23.3. The van der Waals surface area contributed by atoms with Crippen molar-refractivity contribution in [3.8, 4) is 57.6 Å². The van der Waals surface area contributed by atoms with Gasteiger partial charge in [0.25, 0.3) is 0 Å². The van der Waals surface area contributed by atoms with Crippen LogP contribution in [-0.4, -0.2) is 19.9 Å². The normalized spacial score (nSPS) is 10.6. The van der Waals surface area contributed by atoms with Gasteiger partial charge < -0.3 is 30.4 Å². The van der Waals surface area contributed by atoms with Crippen LogP contribution in [0.2, 0.25) is 0 Å². The van der Waals surface area contributed by atoms with E-state index in [-0.39, 0.29) is 0 Å². The Hall–Kier alpha value is -6.16. The molecule has 6 aromatic rings. The summed E-state index contributed by atoms with van der Waals surface area (Å²) in [6.45, 7) is 0. The fourth-order valence-corrected chi connectivity index (χ4v) is 3.74. The fraction of sp³-hybridized carbons (Fsp3) is 0. The number of hydrogen-bond donors (Lipinski definition) is 2. The van der Waals surface area contributed by atoms with Gasteiger partial charge in [-0.05, 0) is 97.1 Å². The summed E-state index contributed by atoms with van der Waals surface area (Å²) >= 11 is 0. The van der Waals surface area contributed by atoms with Crippen LogP contribution < -0.4 is 30.4 Å². The van der Waals surface area contributed by atoms with Gasteiger partial charge >= 0.3 is 0 Å². The molecule has 0 fully saturated rings. The summed E-state index contributed by atoms with van der Waals surface area (Å²) in [5.74, 6) is 5.59. The Bertz CT molecular complexity index is 1610. The van der Waals surface area contributed by atoms with Gasteiger partial charge in [0.15, 0.2) is 23.1 Å². The Kier molecular flexibility index (Phi) is 7.41. The third-order valence-corrected chi connectivity index (χ3v) is 5.81. The molecule has 0 amide bonds. The molecule has 2 aromatic heterocycles. The van der Waals surface area contributed by atoms with E-state index in [1.165, 1.54) is 0 Å². The molecule has 0 saturated carbocycles. The molecule has 42 heavy (non-hydrogen) atoms. The van der Waals surface area contributed by atoms with Gasteiger partial charge in [-0.2, -0.15) is 0 Å². The van der Waals surface area contributed by atoms with Crippen molar-refractivity contribution in [1.82, 2.24) is 19.9 Å².